The molecule has 0 radical (unpaired) electrons. The van der Waals surface area contributed by atoms with Gasteiger partial charge < -0.3 is 14.9 Å². The topological polar surface area (TPSA) is 101 Å². The number of carbonyl (C=O) groups is 1. The third-order valence-corrected chi connectivity index (χ3v) is 4.52. The molecule has 6 nitrogen and oxygen atoms in total. The van der Waals surface area contributed by atoms with Gasteiger partial charge in [-0.1, -0.05) is 24.3 Å². The summed E-state index contributed by atoms with van der Waals surface area (Å²) in [5.74, 6) is -0.175. The number of carbonyl (C=O) groups excluding carboxylic acids is 1. The molecule has 0 aliphatic carbocycles. The van der Waals surface area contributed by atoms with Crippen LogP contribution in [0, 0.1) is 27.7 Å². The molecule has 0 saturated heterocycles. The van der Waals surface area contributed by atoms with E-state index >= 15 is 0 Å². The average molecular weight is 415 g/mol. The second-order valence-corrected chi connectivity index (χ2v) is 6.36. The van der Waals surface area contributed by atoms with Crippen LogP contribution >= 0.6 is 0 Å². The molecule has 0 bridgehead atoms. The van der Waals surface area contributed by atoms with Crippen LogP contribution in [0.2, 0.25) is 0 Å². The number of esters is 1. The molecule has 2 aromatic rings. The Labute approximate surface area is 164 Å². The van der Waals surface area contributed by atoms with Gasteiger partial charge in [-0.05, 0) is 61.1 Å². The van der Waals surface area contributed by atoms with E-state index < -0.39 is 14.8 Å². The summed E-state index contributed by atoms with van der Waals surface area (Å²) in [6.45, 7) is 8.26. The first-order valence-corrected chi connectivity index (χ1v) is 9.23. The van der Waals surface area contributed by atoms with Crippen LogP contribution in [-0.4, -0.2) is 16.2 Å². The average Bonchev–Trinajstić information content (AvgIpc) is 3.04. The predicted molar refractivity (Wildman–Crippen MR) is 94.2 cm³/mol. The molecule has 0 unspecified atom stereocenters. The zero-order valence-corrected chi connectivity index (χ0v) is 17.0. The number of rotatable bonds is 2. The van der Waals surface area contributed by atoms with Gasteiger partial charge in [0.2, 0.25) is 0 Å². The fourth-order valence-corrected chi connectivity index (χ4v) is 2.92. The summed E-state index contributed by atoms with van der Waals surface area (Å²) in [4.78, 5) is 11.2. The predicted octanol–water partition coefficient (Wildman–Crippen LogP) is 3.02. The molecule has 0 saturated carbocycles. The molecule has 0 aromatic heterocycles. The summed E-state index contributed by atoms with van der Waals surface area (Å²) >= 11 is -1.44. The van der Waals surface area contributed by atoms with Crippen LogP contribution in [0.3, 0.4) is 0 Å². The van der Waals surface area contributed by atoms with Crippen molar-refractivity contribution < 1.29 is 42.2 Å². The van der Waals surface area contributed by atoms with E-state index in [1.165, 1.54) is 0 Å². The molecule has 0 fully saturated rings. The molecule has 1 aliphatic rings. The van der Waals surface area contributed by atoms with E-state index in [1.54, 1.807) is 0 Å². The van der Waals surface area contributed by atoms with Crippen LogP contribution in [0.15, 0.2) is 24.3 Å². The number of benzene rings is 2. The SMILES string of the molecule is Cc1ccc(C)c(CO)c1CO.Cc1ccc(C)c2c1COC2=O.[O]=[Mn]=[O]. The molecule has 147 valence electrons. The Bertz CT molecular complexity index is 825. The molecular formula is C20H24MnO6. The molecule has 1 heterocycles. The summed E-state index contributed by atoms with van der Waals surface area (Å²) < 4.78 is 21.8. The Kier molecular flexibility index (Phi) is 9.32. The molecular weight excluding hydrogens is 391 g/mol. The fourth-order valence-electron chi connectivity index (χ4n) is 2.92. The quantitative estimate of drug-likeness (QED) is 0.578. The van der Waals surface area contributed by atoms with Crippen molar-refractivity contribution in [3.8, 4) is 0 Å². The second kappa shape index (κ2) is 10.9. The van der Waals surface area contributed by atoms with Gasteiger partial charge in [0.25, 0.3) is 0 Å². The monoisotopic (exact) mass is 415 g/mol. The van der Waals surface area contributed by atoms with Crippen molar-refractivity contribution in [2.75, 3.05) is 0 Å². The fraction of sp³-hybridized carbons (Fsp3) is 0.350. The summed E-state index contributed by atoms with van der Waals surface area (Å²) in [6, 6.07) is 7.90. The zero-order chi connectivity index (χ0) is 20.6. The van der Waals surface area contributed by atoms with Crippen LogP contribution < -0.4 is 0 Å². The third-order valence-electron chi connectivity index (χ3n) is 4.52. The molecule has 0 amide bonds. The van der Waals surface area contributed by atoms with Crippen molar-refractivity contribution in [1.29, 1.82) is 0 Å². The van der Waals surface area contributed by atoms with E-state index in [2.05, 4.69) is 0 Å². The first-order valence-electron chi connectivity index (χ1n) is 8.27. The van der Waals surface area contributed by atoms with Crippen molar-refractivity contribution in [3.63, 3.8) is 0 Å². The molecule has 0 atom stereocenters. The van der Waals surface area contributed by atoms with Gasteiger partial charge in [0.15, 0.2) is 0 Å². The van der Waals surface area contributed by atoms with Crippen LogP contribution in [-0.2, 0) is 47.0 Å². The maximum atomic E-state index is 11.2. The van der Waals surface area contributed by atoms with Crippen LogP contribution in [0.25, 0.3) is 0 Å². The van der Waals surface area contributed by atoms with Crippen molar-refractivity contribution >= 4 is 5.97 Å². The van der Waals surface area contributed by atoms with E-state index in [9.17, 15) is 4.79 Å². The van der Waals surface area contributed by atoms with Gasteiger partial charge in [-0.15, -0.1) is 0 Å². The molecule has 2 N–H and O–H groups in total. The normalized spacial score (nSPS) is 11.4. The number of fused-ring (bicyclic) bond motifs is 1. The van der Waals surface area contributed by atoms with Gasteiger partial charge in [0.1, 0.15) is 6.61 Å². The van der Waals surface area contributed by atoms with Crippen molar-refractivity contribution in [2.45, 2.75) is 47.5 Å². The van der Waals surface area contributed by atoms with Crippen LogP contribution in [0.5, 0.6) is 0 Å². The standard InChI is InChI=1S/C10H10O2.C10H14O2.Mn.2O/c1-6-3-4-7(2)9-8(6)5-12-10(9)11;1-7-3-4-8(2)10(6-12)9(7)5-11;;;/h3-4H,5H2,1-2H3;3-4,11-12H,5-6H2,1-2H3;;;. The van der Waals surface area contributed by atoms with Gasteiger partial charge in [-0.25, -0.2) is 4.79 Å². The number of ether oxygens (including phenoxy) is 1. The summed E-state index contributed by atoms with van der Waals surface area (Å²) in [5.41, 5.74) is 7.77. The van der Waals surface area contributed by atoms with Crippen molar-refractivity contribution in [3.05, 3.63) is 68.8 Å². The Morgan fingerprint density at radius 3 is 1.67 bits per heavy atom. The summed E-state index contributed by atoms with van der Waals surface area (Å²) in [7, 11) is 0. The third kappa shape index (κ3) is 5.71. The van der Waals surface area contributed by atoms with E-state index in [0.29, 0.717) is 6.61 Å². The Balaban J connectivity index is 0.000000236. The van der Waals surface area contributed by atoms with Gasteiger partial charge in [0, 0.05) is 5.56 Å². The number of cyclic esters (lactones) is 1. The molecule has 7 heteroatoms. The van der Waals surface area contributed by atoms with Gasteiger partial charge >= 0.3 is 28.5 Å². The van der Waals surface area contributed by atoms with E-state index in [1.807, 2.05) is 52.0 Å². The first-order chi connectivity index (χ1) is 12.8. The summed E-state index contributed by atoms with van der Waals surface area (Å²) in [5, 5.41) is 18.1. The van der Waals surface area contributed by atoms with Crippen LogP contribution in [0.4, 0.5) is 0 Å². The van der Waals surface area contributed by atoms with Gasteiger partial charge in [-0.3, -0.25) is 0 Å². The minimum atomic E-state index is -1.44. The van der Waals surface area contributed by atoms with Crippen molar-refractivity contribution in [1.82, 2.24) is 0 Å². The summed E-state index contributed by atoms with van der Waals surface area (Å²) in [6.07, 6.45) is 0. The Hall–Kier alpha value is -2.05. The van der Waals surface area contributed by atoms with Crippen LogP contribution in [0.1, 0.15) is 49.3 Å². The number of aliphatic hydroxyl groups excluding tert-OH is 2. The molecule has 27 heavy (non-hydrogen) atoms. The number of hydrogen-bond acceptors (Lipinski definition) is 6. The van der Waals surface area contributed by atoms with Gasteiger partial charge in [-0.2, -0.15) is 0 Å². The number of aryl methyl sites for hydroxylation is 4. The zero-order valence-electron chi connectivity index (χ0n) is 15.8. The van der Waals surface area contributed by atoms with Gasteiger partial charge in [0.05, 0.1) is 18.8 Å². The first kappa shape index (κ1) is 23.0. The van der Waals surface area contributed by atoms with Crippen molar-refractivity contribution in [2.24, 2.45) is 0 Å². The molecule has 3 rings (SSSR count). The second-order valence-electron chi connectivity index (χ2n) is 6.16. The molecule has 0 spiro atoms. The Morgan fingerprint density at radius 1 is 0.852 bits per heavy atom. The van der Waals surface area contributed by atoms with E-state index in [4.69, 9.17) is 22.6 Å². The number of aliphatic hydroxyl groups is 2. The number of hydrogen-bond donors (Lipinski definition) is 2. The molecule has 2 aromatic carbocycles. The minimum absolute atomic E-state index is 0.00338. The maximum absolute atomic E-state index is 11.2. The van der Waals surface area contributed by atoms with E-state index in [0.717, 1.165) is 44.5 Å². The Morgan fingerprint density at radius 2 is 1.26 bits per heavy atom. The molecule has 1 aliphatic heterocycles. The van der Waals surface area contributed by atoms with E-state index in [-0.39, 0.29) is 19.2 Å².